The van der Waals surface area contributed by atoms with Gasteiger partial charge in [-0.25, -0.2) is 0 Å². The summed E-state index contributed by atoms with van der Waals surface area (Å²) in [5.74, 6) is 2.94. The van der Waals surface area contributed by atoms with Gasteiger partial charge in [0, 0.05) is 37.5 Å². The molecule has 4 rings (SSSR count). The van der Waals surface area contributed by atoms with Gasteiger partial charge in [-0.05, 0) is 57.0 Å². The zero-order chi connectivity index (χ0) is 21.3. The molecule has 0 radical (unpaired) electrons. The highest BCUT2D eigenvalue weighted by Gasteiger charge is 2.21. The van der Waals surface area contributed by atoms with Crippen LogP contribution in [0.3, 0.4) is 0 Å². The first-order valence-electron chi connectivity index (χ1n) is 11.5. The van der Waals surface area contributed by atoms with Crippen molar-refractivity contribution >= 4 is 11.8 Å². The van der Waals surface area contributed by atoms with Crippen LogP contribution >= 0.6 is 11.8 Å². The van der Waals surface area contributed by atoms with Crippen LogP contribution in [0.2, 0.25) is 0 Å². The third-order valence-corrected chi connectivity index (χ3v) is 7.06. The van der Waals surface area contributed by atoms with Crippen molar-refractivity contribution in [3.05, 3.63) is 77.8 Å². The number of allylic oxidation sites excluding steroid dienone is 4. The number of unbranched alkanes of at least 4 members (excludes halogenated alkanes) is 1. The molecule has 0 aromatic heterocycles. The van der Waals surface area contributed by atoms with Gasteiger partial charge in [-0.1, -0.05) is 41.5 Å². The average Bonchev–Trinajstić information content (AvgIpc) is 2.82. The van der Waals surface area contributed by atoms with Crippen molar-refractivity contribution in [2.75, 3.05) is 38.5 Å². The Bertz CT molecular complexity index is 833. The van der Waals surface area contributed by atoms with E-state index >= 15 is 0 Å². The van der Waals surface area contributed by atoms with E-state index in [-0.39, 0.29) is 0 Å². The molecule has 0 saturated carbocycles. The van der Waals surface area contributed by atoms with Crippen LogP contribution < -0.4 is 0 Å². The van der Waals surface area contributed by atoms with E-state index in [9.17, 15) is 0 Å². The van der Waals surface area contributed by atoms with Crippen molar-refractivity contribution in [3.63, 3.8) is 0 Å². The summed E-state index contributed by atoms with van der Waals surface area (Å²) in [7, 11) is 0. The van der Waals surface area contributed by atoms with Crippen molar-refractivity contribution in [2.45, 2.75) is 43.9 Å². The first-order chi connectivity index (χ1) is 15.3. The zero-order valence-electron chi connectivity index (χ0n) is 18.6. The van der Waals surface area contributed by atoms with Crippen LogP contribution in [-0.2, 0) is 9.47 Å². The average molecular weight is 439 g/mol. The van der Waals surface area contributed by atoms with Gasteiger partial charge in [0.05, 0.1) is 0 Å². The molecule has 3 aliphatic rings. The molecule has 1 saturated heterocycles. The number of benzene rings is 1. The van der Waals surface area contributed by atoms with E-state index < -0.39 is 0 Å². The van der Waals surface area contributed by atoms with Crippen LogP contribution in [0.1, 0.15) is 37.7 Å². The Hall–Kier alpha value is -2.11. The summed E-state index contributed by atoms with van der Waals surface area (Å²) in [6.07, 6.45) is 15.7. The van der Waals surface area contributed by atoms with E-state index in [4.69, 9.17) is 9.47 Å². The first kappa shape index (κ1) is 22.1. The molecular formula is C26H34N2O2S. The molecule has 0 unspecified atom stereocenters. The Labute approximate surface area is 191 Å². The Morgan fingerprint density at radius 2 is 1.81 bits per heavy atom. The maximum atomic E-state index is 5.90. The number of aryl methyl sites for hydroxylation is 1. The SMILES string of the molecule is Cc1ccc(SCCCCN2CCN(C3=COC(CC4=CC=CCC4)=CO3)CC2)cc1. The Kier molecular flexibility index (Phi) is 8.19. The minimum atomic E-state index is 0.837. The molecule has 2 aliphatic heterocycles. The molecule has 1 aromatic rings. The molecule has 1 aliphatic carbocycles. The maximum absolute atomic E-state index is 5.90. The lowest BCUT2D eigenvalue weighted by Crippen LogP contribution is -2.46. The zero-order valence-corrected chi connectivity index (χ0v) is 19.4. The summed E-state index contributed by atoms with van der Waals surface area (Å²) in [6.45, 7) is 7.48. The lowest BCUT2D eigenvalue weighted by molar-refractivity contribution is 0.0824. The van der Waals surface area contributed by atoms with Crippen molar-refractivity contribution < 1.29 is 9.47 Å². The van der Waals surface area contributed by atoms with Gasteiger partial charge >= 0.3 is 0 Å². The second-order valence-electron chi connectivity index (χ2n) is 8.44. The fourth-order valence-corrected chi connectivity index (χ4v) is 4.93. The van der Waals surface area contributed by atoms with Crippen LogP contribution in [0.25, 0.3) is 0 Å². The van der Waals surface area contributed by atoms with Gasteiger partial charge in [0.15, 0.2) is 6.26 Å². The van der Waals surface area contributed by atoms with Gasteiger partial charge in [0.1, 0.15) is 12.0 Å². The van der Waals surface area contributed by atoms with Crippen LogP contribution in [0.15, 0.2) is 77.1 Å². The minimum Gasteiger partial charge on any atom is -0.460 e. The molecule has 1 fully saturated rings. The van der Waals surface area contributed by atoms with Crippen LogP contribution in [0.4, 0.5) is 0 Å². The molecule has 166 valence electrons. The van der Waals surface area contributed by atoms with E-state index in [2.05, 4.69) is 59.2 Å². The topological polar surface area (TPSA) is 24.9 Å². The fraction of sp³-hybridized carbons (Fsp3) is 0.462. The first-order valence-corrected chi connectivity index (χ1v) is 12.5. The predicted octanol–water partition coefficient (Wildman–Crippen LogP) is 5.84. The highest BCUT2D eigenvalue weighted by molar-refractivity contribution is 7.99. The molecule has 0 bridgehead atoms. The number of piperazine rings is 1. The van der Waals surface area contributed by atoms with Crippen molar-refractivity contribution in [1.82, 2.24) is 9.80 Å². The molecule has 0 spiro atoms. The van der Waals surface area contributed by atoms with Gasteiger partial charge in [-0.15, -0.1) is 11.8 Å². The second-order valence-corrected chi connectivity index (χ2v) is 9.61. The van der Waals surface area contributed by atoms with Crippen LogP contribution in [-0.4, -0.2) is 48.3 Å². The summed E-state index contributed by atoms with van der Waals surface area (Å²) < 4.78 is 11.8. The van der Waals surface area contributed by atoms with E-state index in [0.29, 0.717) is 0 Å². The van der Waals surface area contributed by atoms with Gasteiger partial charge in [-0.2, -0.15) is 0 Å². The van der Waals surface area contributed by atoms with E-state index in [1.165, 1.54) is 41.2 Å². The highest BCUT2D eigenvalue weighted by atomic mass is 32.2. The lowest BCUT2D eigenvalue weighted by atomic mass is 10.0. The third-order valence-electron chi connectivity index (χ3n) is 5.97. The number of ether oxygens (including phenoxy) is 2. The minimum absolute atomic E-state index is 0.837. The normalized spacial score (nSPS) is 19.3. The highest BCUT2D eigenvalue weighted by Crippen LogP contribution is 2.25. The quantitative estimate of drug-likeness (QED) is 0.356. The standard InChI is InChI=1S/C26H34N2O2S/c1-22-9-11-25(12-10-22)31-18-6-5-13-27-14-16-28(17-15-27)26-21-29-24(20-30-26)19-23-7-3-2-4-8-23/h2-3,7,9-12,20-21H,4-6,8,13-19H2,1H3. The predicted molar refractivity (Wildman–Crippen MR) is 129 cm³/mol. The summed E-state index contributed by atoms with van der Waals surface area (Å²) in [6, 6.07) is 8.85. The molecule has 31 heavy (non-hydrogen) atoms. The summed E-state index contributed by atoms with van der Waals surface area (Å²) in [4.78, 5) is 6.24. The molecule has 5 heteroatoms. The smallest absolute Gasteiger partial charge is 0.231 e. The molecule has 0 atom stereocenters. The van der Waals surface area contributed by atoms with Crippen LogP contribution in [0, 0.1) is 6.92 Å². The Morgan fingerprint density at radius 3 is 2.52 bits per heavy atom. The fourth-order valence-electron chi connectivity index (χ4n) is 4.02. The molecular weight excluding hydrogens is 404 g/mol. The Morgan fingerprint density at radius 1 is 0.968 bits per heavy atom. The molecule has 0 amide bonds. The molecule has 1 aromatic carbocycles. The number of hydrogen-bond acceptors (Lipinski definition) is 5. The van der Waals surface area contributed by atoms with Crippen LogP contribution in [0.5, 0.6) is 0 Å². The molecule has 4 nitrogen and oxygen atoms in total. The second kappa shape index (κ2) is 11.5. The lowest BCUT2D eigenvalue weighted by Gasteiger charge is -2.36. The largest absolute Gasteiger partial charge is 0.460 e. The van der Waals surface area contributed by atoms with E-state index in [0.717, 1.165) is 57.1 Å². The number of thioether (sulfide) groups is 1. The third kappa shape index (κ3) is 6.94. The van der Waals surface area contributed by atoms with Gasteiger partial charge in [0.2, 0.25) is 5.88 Å². The maximum Gasteiger partial charge on any atom is 0.231 e. The van der Waals surface area contributed by atoms with E-state index in [1.807, 2.05) is 11.8 Å². The van der Waals surface area contributed by atoms with E-state index in [1.54, 1.807) is 12.5 Å². The monoisotopic (exact) mass is 438 g/mol. The van der Waals surface area contributed by atoms with Gasteiger partial charge in [-0.3, -0.25) is 4.90 Å². The molecule has 0 N–H and O–H groups in total. The van der Waals surface area contributed by atoms with Gasteiger partial charge < -0.3 is 14.4 Å². The van der Waals surface area contributed by atoms with Crippen molar-refractivity contribution in [2.24, 2.45) is 0 Å². The van der Waals surface area contributed by atoms with Crippen molar-refractivity contribution in [3.8, 4) is 0 Å². The summed E-state index contributed by atoms with van der Waals surface area (Å²) >= 11 is 1.97. The van der Waals surface area contributed by atoms with Gasteiger partial charge in [0.25, 0.3) is 0 Å². The number of nitrogens with zero attached hydrogens (tertiary/aromatic N) is 2. The summed E-state index contributed by atoms with van der Waals surface area (Å²) in [5.41, 5.74) is 2.73. The number of hydrogen-bond donors (Lipinski definition) is 0. The Balaban J connectivity index is 1.09. The summed E-state index contributed by atoms with van der Waals surface area (Å²) in [5, 5.41) is 0. The number of rotatable bonds is 9. The molecule has 2 heterocycles. The van der Waals surface area contributed by atoms with Crippen molar-refractivity contribution in [1.29, 1.82) is 0 Å².